The van der Waals surface area contributed by atoms with Gasteiger partial charge in [-0.15, -0.1) is 5.10 Å². The van der Waals surface area contributed by atoms with Crippen molar-refractivity contribution >= 4 is 0 Å². The molecule has 0 bridgehead atoms. The smallest absolute Gasteiger partial charge is 0.311 e. The van der Waals surface area contributed by atoms with Gasteiger partial charge in [-0.25, -0.2) is 4.68 Å². The van der Waals surface area contributed by atoms with Crippen LogP contribution in [0, 0.1) is 0 Å². The summed E-state index contributed by atoms with van der Waals surface area (Å²) < 4.78 is 36.5. The Labute approximate surface area is 79.1 Å². The van der Waals surface area contributed by atoms with Gasteiger partial charge in [-0.3, -0.25) is 0 Å². The standard InChI is InChI=1S/C7H11F3N4/c1-2-11-3-6-4-14(13-12-6)5-7(8,9)10/h4,11H,2-3,5H2,1H3. The minimum atomic E-state index is -4.25. The third-order valence-electron chi connectivity index (χ3n) is 1.48. The Kier molecular flexibility index (Phi) is 3.45. The molecular formula is C7H11F3N4. The molecule has 7 heteroatoms. The maximum Gasteiger partial charge on any atom is 0.408 e. The van der Waals surface area contributed by atoms with E-state index in [9.17, 15) is 13.2 Å². The molecule has 14 heavy (non-hydrogen) atoms. The minimum absolute atomic E-state index is 0.439. The molecule has 0 aromatic carbocycles. The zero-order chi connectivity index (χ0) is 10.6. The van der Waals surface area contributed by atoms with Crippen molar-refractivity contribution in [3.63, 3.8) is 0 Å². The molecule has 0 saturated carbocycles. The van der Waals surface area contributed by atoms with Crippen LogP contribution in [-0.2, 0) is 13.1 Å². The normalized spacial score (nSPS) is 12.0. The monoisotopic (exact) mass is 208 g/mol. The van der Waals surface area contributed by atoms with Crippen LogP contribution in [0.3, 0.4) is 0 Å². The number of aromatic nitrogens is 3. The first-order valence-electron chi connectivity index (χ1n) is 4.17. The number of halogens is 3. The van der Waals surface area contributed by atoms with Gasteiger partial charge in [-0.2, -0.15) is 13.2 Å². The SMILES string of the molecule is CCNCc1cn(CC(F)(F)F)nn1. The van der Waals surface area contributed by atoms with E-state index in [0.717, 1.165) is 11.2 Å². The lowest BCUT2D eigenvalue weighted by atomic mass is 10.4. The molecule has 0 amide bonds. The van der Waals surface area contributed by atoms with Crippen molar-refractivity contribution in [3.8, 4) is 0 Å². The third-order valence-corrected chi connectivity index (χ3v) is 1.48. The van der Waals surface area contributed by atoms with Gasteiger partial charge in [0.05, 0.1) is 11.9 Å². The van der Waals surface area contributed by atoms with Crippen LogP contribution in [0.25, 0.3) is 0 Å². The van der Waals surface area contributed by atoms with Crippen LogP contribution in [0.15, 0.2) is 6.20 Å². The first-order valence-corrected chi connectivity index (χ1v) is 4.17. The summed E-state index contributed by atoms with van der Waals surface area (Å²) in [4.78, 5) is 0. The minimum Gasteiger partial charge on any atom is -0.311 e. The predicted molar refractivity (Wildman–Crippen MR) is 43.5 cm³/mol. The molecule has 0 unspecified atom stereocenters. The van der Waals surface area contributed by atoms with Crippen LogP contribution in [0.1, 0.15) is 12.6 Å². The number of hydrogen-bond acceptors (Lipinski definition) is 3. The van der Waals surface area contributed by atoms with Gasteiger partial charge in [0.25, 0.3) is 0 Å². The first-order chi connectivity index (χ1) is 6.51. The summed E-state index contributed by atoms with van der Waals surface area (Å²) >= 11 is 0. The zero-order valence-electron chi connectivity index (χ0n) is 7.67. The average molecular weight is 208 g/mol. The molecule has 0 fully saturated rings. The third kappa shape index (κ3) is 3.73. The Morgan fingerprint density at radius 1 is 1.50 bits per heavy atom. The van der Waals surface area contributed by atoms with E-state index in [0.29, 0.717) is 12.2 Å². The molecule has 80 valence electrons. The van der Waals surface area contributed by atoms with Crippen LogP contribution in [0.5, 0.6) is 0 Å². The molecule has 1 rings (SSSR count). The quantitative estimate of drug-likeness (QED) is 0.801. The van der Waals surface area contributed by atoms with E-state index in [2.05, 4.69) is 15.6 Å². The Morgan fingerprint density at radius 2 is 2.21 bits per heavy atom. The molecule has 4 nitrogen and oxygen atoms in total. The molecule has 1 heterocycles. The van der Waals surface area contributed by atoms with E-state index >= 15 is 0 Å². The summed E-state index contributed by atoms with van der Waals surface area (Å²) in [7, 11) is 0. The Hall–Kier alpha value is -1.11. The summed E-state index contributed by atoms with van der Waals surface area (Å²) in [6, 6.07) is 0. The summed E-state index contributed by atoms with van der Waals surface area (Å²) in [5, 5.41) is 9.89. The molecule has 0 saturated heterocycles. The van der Waals surface area contributed by atoms with Crippen molar-refractivity contribution in [2.24, 2.45) is 0 Å². The van der Waals surface area contributed by atoms with E-state index < -0.39 is 12.7 Å². The molecular weight excluding hydrogens is 197 g/mol. The van der Waals surface area contributed by atoms with Crippen molar-refractivity contribution < 1.29 is 13.2 Å². The predicted octanol–water partition coefficient (Wildman–Crippen LogP) is 0.950. The van der Waals surface area contributed by atoms with Gasteiger partial charge in [-0.05, 0) is 6.54 Å². The summed E-state index contributed by atoms with van der Waals surface area (Å²) in [6.45, 7) is 1.99. The summed E-state index contributed by atoms with van der Waals surface area (Å²) in [6.07, 6.45) is -2.96. The van der Waals surface area contributed by atoms with Crippen LogP contribution in [-0.4, -0.2) is 27.7 Å². The van der Waals surface area contributed by atoms with Gasteiger partial charge in [0, 0.05) is 6.54 Å². The second-order valence-corrected chi connectivity index (χ2v) is 2.80. The van der Waals surface area contributed by atoms with Crippen LogP contribution in [0.2, 0.25) is 0 Å². The lowest BCUT2D eigenvalue weighted by Crippen LogP contribution is -2.18. The van der Waals surface area contributed by atoms with Gasteiger partial charge in [0.2, 0.25) is 0 Å². The Balaban J connectivity index is 2.51. The highest BCUT2D eigenvalue weighted by Crippen LogP contribution is 2.16. The van der Waals surface area contributed by atoms with Gasteiger partial charge < -0.3 is 5.32 Å². The molecule has 0 spiro atoms. The van der Waals surface area contributed by atoms with Gasteiger partial charge in [0.1, 0.15) is 6.54 Å². The fraction of sp³-hybridized carbons (Fsp3) is 0.714. The topological polar surface area (TPSA) is 42.7 Å². The zero-order valence-corrected chi connectivity index (χ0v) is 7.67. The van der Waals surface area contributed by atoms with Gasteiger partial charge >= 0.3 is 6.18 Å². The molecule has 1 aromatic heterocycles. The van der Waals surface area contributed by atoms with Gasteiger partial charge in [0.15, 0.2) is 0 Å². The largest absolute Gasteiger partial charge is 0.408 e. The number of hydrogen-bond donors (Lipinski definition) is 1. The number of rotatable bonds is 4. The van der Waals surface area contributed by atoms with E-state index in [1.54, 1.807) is 0 Å². The molecule has 1 N–H and O–H groups in total. The second kappa shape index (κ2) is 4.41. The maximum atomic E-state index is 11.9. The molecule has 0 radical (unpaired) electrons. The molecule has 0 aliphatic carbocycles. The first kappa shape index (κ1) is 11.0. The second-order valence-electron chi connectivity index (χ2n) is 2.80. The van der Waals surface area contributed by atoms with Crippen molar-refractivity contribution in [1.29, 1.82) is 0 Å². The average Bonchev–Trinajstić information content (AvgIpc) is 2.46. The highest BCUT2D eigenvalue weighted by Gasteiger charge is 2.28. The Bertz CT molecular complexity index is 281. The fourth-order valence-electron chi connectivity index (χ4n) is 0.934. The van der Waals surface area contributed by atoms with E-state index in [1.807, 2.05) is 6.92 Å². The number of nitrogens with one attached hydrogen (secondary N) is 1. The summed E-state index contributed by atoms with van der Waals surface area (Å²) in [5.74, 6) is 0. The van der Waals surface area contributed by atoms with Crippen molar-refractivity contribution in [2.45, 2.75) is 26.2 Å². The van der Waals surface area contributed by atoms with E-state index in [-0.39, 0.29) is 0 Å². The van der Waals surface area contributed by atoms with E-state index in [4.69, 9.17) is 0 Å². The summed E-state index contributed by atoms with van der Waals surface area (Å²) in [5.41, 5.74) is 0.510. The number of nitrogens with zero attached hydrogens (tertiary/aromatic N) is 3. The van der Waals surface area contributed by atoms with Crippen LogP contribution < -0.4 is 5.32 Å². The van der Waals surface area contributed by atoms with Crippen molar-refractivity contribution in [1.82, 2.24) is 20.3 Å². The van der Waals surface area contributed by atoms with E-state index in [1.165, 1.54) is 6.20 Å². The Morgan fingerprint density at radius 3 is 2.79 bits per heavy atom. The molecule has 1 aromatic rings. The maximum absolute atomic E-state index is 11.9. The van der Waals surface area contributed by atoms with Crippen LogP contribution in [0.4, 0.5) is 13.2 Å². The highest BCUT2D eigenvalue weighted by atomic mass is 19.4. The molecule has 0 atom stereocenters. The molecule has 0 aliphatic rings. The lowest BCUT2D eigenvalue weighted by molar-refractivity contribution is -0.142. The number of alkyl halides is 3. The van der Waals surface area contributed by atoms with Crippen molar-refractivity contribution in [3.05, 3.63) is 11.9 Å². The lowest BCUT2D eigenvalue weighted by Gasteiger charge is -2.03. The highest BCUT2D eigenvalue weighted by molar-refractivity contribution is 4.91. The molecule has 0 aliphatic heterocycles. The van der Waals surface area contributed by atoms with Crippen molar-refractivity contribution in [2.75, 3.05) is 6.54 Å². The van der Waals surface area contributed by atoms with Gasteiger partial charge in [-0.1, -0.05) is 12.1 Å². The van der Waals surface area contributed by atoms with Crippen LogP contribution >= 0.6 is 0 Å². The fourth-order valence-corrected chi connectivity index (χ4v) is 0.934.